The van der Waals surface area contributed by atoms with Crippen molar-refractivity contribution in [3.8, 4) is 0 Å². The molecule has 0 aromatic heterocycles. The SMILES string of the molecule is Cc1ccc2c(c1)C(=O)N(c1ccc(CCO)cc1)C2=O. The number of carbonyl (C=O) groups excluding carboxylic acids is 2. The van der Waals surface area contributed by atoms with Crippen molar-refractivity contribution >= 4 is 17.5 Å². The summed E-state index contributed by atoms with van der Waals surface area (Å²) in [7, 11) is 0. The standard InChI is InChI=1S/C17H15NO3/c1-11-2-7-14-15(10-11)17(21)18(16(14)20)13-5-3-12(4-6-13)8-9-19/h2-7,10,19H,8-9H2,1H3. The largest absolute Gasteiger partial charge is 0.396 e. The van der Waals surface area contributed by atoms with Gasteiger partial charge >= 0.3 is 0 Å². The zero-order valence-corrected chi connectivity index (χ0v) is 11.7. The van der Waals surface area contributed by atoms with Crippen molar-refractivity contribution in [2.75, 3.05) is 11.5 Å². The molecule has 1 heterocycles. The molecule has 3 rings (SSSR count). The maximum Gasteiger partial charge on any atom is 0.266 e. The first-order chi connectivity index (χ1) is 10.1. The van der Waals surface area contributed by atoms with E-state index in [0.29, 0.717) is 23.2 Å². The molecule has 106 valence electrons. The van der Waals surface area contributed by atoms with Crippen LogP contribution in [-0.4, -0.2) is 23.5 Å². The van der Waals surface area contributed by atoms with Crippen LogP contribution in [0.5, 0.6) is 0 Å². The van der Waals surface area contributed by atoms with Gasteiger partial charge in [0.15, 0.2) is 0 Å². The third kappa shape index (κ3) is 2.23. The van der Waals surface area contributed by atoms with Crippen LogP contribution in [0.15, 0.2) is 42.5 Å². The molecule has 0 spiro atoms. The monoisotopic (exact) mass is 281 g/mol. The van der Waals surface area contributed by atoms with E-state index in [1.807, 2.05) is 25.1 Å². The van der Waals surface area contributed by atoms with Gasteiger partial charge in [0.2, 0.25) is 0 Å². The molecule has 2 aromatic rings. The molecule has 0 unspecified atom stereocenters. The number of benzene rings is 2. The van der Waals surface area contributed by atoms with E-state index in [4.69, 9.17) is 5.11 Å². The van der Waals surface area contributed by atoms with Gasteiger partial charge in [-0.2, -0.15) is 0 Å². The average Bonchev–Trinajstić information content (AvgIpc) is 2.72. The van der Waals surface area contributed by atoms with Gasteiger partial charge in [-0.15, -0.1) is 0 Å². The van der Waals surface area contributed by atoms with Gasteiger partial charge in [-0.3, -0.25) is 9.59 Å². The number of anilines is 1. The summed E-state index contributed by atoms with van der Waals surface area (Å²) in [5, 5.41) is 8.91. The normalized spacial score (nSPS) is 13.7. The average molecular weight is 281 g/mol. The number of aliphatic hydroxyl groups is 1. The minimum Gasteiger partial charge on any atom is -0.396 e. The van der Waals surface area contributed by atoms with Gasteiger partial charge in [0.25, 0.3) is 11.8 Å². The Labute approximate surface area is 122 Å². The van der Waals surface area contributed by atoms with Crippen molar-refractivity contribution in [3.05, 3.63) is 64.7 Å². The highest BCUT2D eigenvalue weighted by atomic mass is 16.3. The molecule has 0 saturated carbocycles. The number of carbonyl (C=O) groups is 2. The van der Waals surface area contributed by atoms with E-state index in [-0.39, 0.29) is 18.4 Å². The number of imide groups is 1. The van der Waals surface area contributed by atoms with Gasteiger partial charge < -0.3 is 5.11 Å². The van der Waals surface area contributed by atoms with Crippen LogP contribution in [0.3, 0.4) is 0 Å². The van der Waals surface area contributed by atoms with E-state index < -0.39 is 0 Å². The lowest BCUT2D eigenvalue weighted by atomic mass is 10.1. The van der Waals surface area contributed by atoms with E-state index in [9.17, 15) is 9.59 Å². The fourth-order valence-corrected chi connectivity index (χ4v) is 2.53. The molecule has 1 N–H and O–H groups in total. The zero-order chi connectivity index (χ0) is 15.0. The highest BCUT2D eigenvalue weighted by molar-refractivity contribution is 6.34. The first-order valence-corrected chi connectivity index (χ1v) is 6.81. The van der Waals surface area contributed by atoms with Crippen molar-refractivity contribution in [1.82, 2.24) is 0 Å². The molecule has 1 aliphatic heterocycles. The molecule has 0 saturated heterocycles. The van der Waals surface area contributed by atoms with Gasteiger partial charge in [-0.25, -0.2) is 4.90 Å². The van der Waals surface area contributed by atoms with Gasteiger partial charge in [-0.1, -0.05) is 23.8 Å². The summed E-state index contributed by atoms with van der Waals surface area (Å²) in [6, 6.07) is 12.4. The number of rotatable bonds is 3. The number of fused-ring (bicyclic) bond motifs is 1. The highest BCUT2D eigenvalue weighted by Crippen LogP contribution is 2.29. The molecule has 0 atom stereocenters. The predicted molar refractivity (Wildman–Crippen MR) is 79.6 cm³/mol. The van der Waals surface area contributed by atoms with E-state index in [2.05, 4.69) is 0 Å². The number of nitrogens with zero attached hydrogens (tertiary/aromatic N) is 1. The molecule has 2 amide bonds. The second-order valence-electron chi connectivity index (χ2n) is 5.13. The predicted octanol–water partition coefficient (Wildman–Crippen LogP) is 2.33. The minimum absolute atomic E-state index is 0.0750. The number of hydrogen-bond acceptors (Lipinski definition) is 3. The van der Waals surface area contributed by atoms with Crippen molar-refractivity contribution in [1.29, 1.82) is 0 Å². The van der Waals surface area contributed by atoms with Crippen LogP contribution >= 0.6 is 0 Å². The summed E-state index contributed by atoms with van der Waals surface area (Å²) in [4.78, 5) is 26.0. The summed E-state index contributed by atoms with van der Waals surface area (Å²) in [5.41, 5.74) is 3.38. The second-order valence-corrected chi connectivity index (χ2v) is 5.13. The first kappa shape index (κ1) is 13.5. The van der Waals surface area contributed by atoms with Crippen LogP contribution in [0.4, 0.5) is 5.69 Å². The van der Waals surface area contributed by atoms with Crippen molar-refractivity contribution in [3.63, 3.8) is 0 Å². The smallest absolute Gasteiger partial charge is 0.266 e. The lowest BCUT2D eigenvalue weighted by Gasteiger charge is -2.14. The van der Waals surface area contributed by atoms with Crippen LogP contribution < -0.4 is 4.90 Å². The maximum atomic E-state index is 12.4. The number of aryl methyl sites for hydroxylation is 1. The molecule has 2 aromatic carbocycles. The molecule has 4 nitrogen and oxygen atoms in total. The Bertz CT molecular complexity index is 719. The van der Waals surface area contributed by atoms with Crippen LogP contribution in [0.2, 0.25) is 0 Å². The van der Waals surface area contributed by atoms with Gasteiger partial charge in [0.1, 0.15) is 0 Å². The Morgan fingerprint density at radius 3 is 2.29 bits per heavy atom. The van der Waals surface area contributed by atoms with Crippen molar-refractivity contribution < 1.29 is 14.7 Å². The van der Waals surface area contributed by atoms with Crippen LogP contribution in [0.1, 0.15) is 31.8 Å². The number of amides is 2. The Kier molecular flexibility index (Phi) is 3.31. The van der Waals surface area contributed by atoms with E-state index >= 15 is 0 Å². The van der Waals surface area contributed by atoms with Gasteiger partial charge in [0.05, 0.1) is 16.8 Å². The van der Waals surface area contributed by atoms with E-state index in [1.165, 1.54) is 4.90 Å². The fourth-order valence-electron chi connectivity index (χ4n) is 2.53. The van der Waals surface area contributed by atoms with Crippen LogP contribution in [0, 0.1) is 6.92 Å². The summed E-state index contributed by atoms with van der Waals surface area (Å²) >= 11 is 0. The molecule has 0 bridgehead atoms. The van der Waals surface area contributed by atoms with Gasteiger partial charge in [0, 0.05) is 6.61 Å². The molecule has 1 aliphatic rings. The number of aliphatic hydroxyl groups excluding tert-OH is 1. The lowest BCUT2D eigenvalue weighted by Crippen LogP contribution is -2.29. The quantitative estimate of drug-likeness (QED) is 0.878. The Morgan fingerprint density at radius 2 is 1.62 bits per heavy atom. The number of hydrogen-bond donors (Lipinski definition) is 1. The molecular weight excluding hydrogens is 266 g/mol. The molecular formula is C17H15NO3. The topological polar surface area (TPSA) is 57.6 Å². The van der Waals surface area contributed by atoms with Gasteiger partial charge in [-0.05, 0) is 43.2 Å². The first-order valence-electron chi connectivity index (χ1n) is 6.81. The van der Waals surface area contributed by atoms with E-state index in [1.54, 1.807) is 24.3 Å². The molecule has 0 radical (unpaired) electrons. The Balaban J connectivity index is 1.97. The Morgan fingerprint density at radius 1 is 0.952 bits per heavy atom. The van der Waals surface area contributed by atoms with Crippen LogP contribution in [-0.2, 0) is 6.42 Å². The molecule has 4 heteroatoms. The third-order valence-electron chi connectivity index (χ3n) is 3.64. The van der Waals surface area contributed by atoms with Crippen LogP contribution in [0.25, 0.3) is 0 Å². The summed E-state index contributed by atoms with van der Waals surface area (Å²) < 4.78 is 0. The van der Waals surface area contributed by atoms with Crippen molar-refractivity contribution in [2.45, 2.75) is 13.3 Å². The van der Waals surface area contributed by atoms with Crippen molar-refractivity contribution in [2.24, 2.45) is 0 Å². The molecule has 0 fully saturated rings. The fraction of sp³-hybridized carbons (Fsp3) is 0.176. The molecule has 0 aliphatic carbocycles. The summed E-state index contributed by atoms with van der Waals surface area (Å²) in [6.45, 7) is 1.97. The maximum absolute atomic E-state index is 12.4. The third-order valence-corrected chi connectivity index (χ3v) is 3.64. The highest BCUT2D eigenvalue weighted by Gasteiger charge is 2.36. The minimum atomic E-state index is -0.287. The van der Waals surface area contributed by atoms with E-state index in [0.717, 1.165) is 11.1 Å². The Hall–Kier alpha value is -2.46. The second kappa shape index (κ2) is 5.14. The zero-order valence-electron chi connectivity index (χ0n) is 11.7. The summed E-state index contributed by atoms with van der Waals surface area (Å²) in [6.07, 6.45) is 0.557. The summed E-state index contributed by atoms with van der Waals surface area (Å²) in [5.74, 6) is -0.571. The lowest BCUT2D eigenvalue weighted by molar-refractivity contribution is 0.0926. The molecule has 21 heavy (non-hydrogen) atoms.